The average Bonchev–Trinajstić information content (AvgIpc) is 2.24. The summed E-state index contributed by atoms with van der Waals surface area (Å²) < 4.78 is 39.7. The van der Waals surface area contributed by atoms with E-state index in [1.165, 1.54) is 18.2 Å². The number of azo groups is 1. The molecule has 0 N–H and O–H groups in total. The van der Waals surface area contributed by atoms with Crippen molar-refractivity contribution in [3.63, 3.8) is 0 Å². The molecule has 0 bridgehead atoms. The predicted molar refractivity (Wildman–Crippen MR) is 61.7 cm³/mol. The molecule has 4 nitrogen and oxygen atoms in total. The highest BCUT2D eigenvalue weighted by molar-refractivity contribution is 5.59. The maximum Gasteiger partial charge on any atom is 0.573 e. The van der Waals surface area contributed by atoms with E-state index in [1.54, 1.807) is 20.2 Å². The lowest BCUT2D eigenvalue weighted by atomic mass is 10.2. The third-order valence-electron chi connectivity index (χ3n) is 1.93. The molecule has 0 heterocycles. The van der Waals surface area contributed by atoms with Gasteiger partial charge >= 0.3 is 6.36 Å². The minimum Gasteiger partial charge on any atom is -0.406 e. The molecule has 0 saturated carbocycles. The first kappa shape index (κ1) is 14.1. The fourth-order valence-corrected chi connectivity index (χ4v) is 1.17. The Morgan fingerprint density at radius 1 is 1.33 bits per heavy atom. The third kappa shape index (κ3) is 4.94. The number of hydrogen-bond acceptors (Lipinski definition) is 4. The van der Waals surface area contributed by atoms with Gasteiger partial charge < -0.3 is 4.74 Å². The van der Waals surface area contributed by atoms with E-state index in [9.17, 15) is 13.2 Å². The zero-order chi connectivity index (χ0) is 13.6. The van der Waals surface area contributed by atoms with Crippen molar-refractivity contribution < 1.29 is 17.9 Å². The molecule has 0 aliphatic carbocycles. The second-order valence-corrected chi connectivity index (χ2v) is 3.36. The van der Waals surface area contributed by atoms with Gasteiger partial charge in [-0.1, -0.05) is 0 Å². The minimum atomic E-state index is -4.69. The third-order valence-corrected chi connectivity index (χ3v) is 1.93. The van der Waals surface area contributed by atoms with Crippen molar-refractivity contribution >= 4 is 11.9 Å². The van der Waals surface area contributed by atoms with E-state index in [4.69, 9.17) is 0 Å². The number of aryl methyl sites for hydroxylation is 1. The number of halogens is 3. The number of ether oxygens (including phenoxy) is 1. The van der Waals surface area contributed by atoms with Gasteiger partial charge in [-0.05, 0) is 30.7 Å². The van der Waals surface area contributed by atoms with Crippen LogP contribution in [0, 0.1) is 6.92 Å². The second-order valence-electron chi connectivity index (χ2n) is 3.36. The van der Waals surface area contributed by atoms with Crippen molar-refractivity contribution in [2.24, 2.45) is 15.2 Å². The van der Waals surface area contributed by atoms with Crippen LogP contribution in [0.4, 0.5) is 18.9 Å². The lowest BCUT2D eigenvalue weighted by molar-refractivity contribution is -0.274. The number of benzene rings is 1. The molecule has 0 saturated heterocycles. The highest BCUT2D eigenvalue weighted by atomic mass is 19.4. The van der Waals surface area contributed by atoms with Crippen molar-refractivity contribution in [2.75, 3.05) is 13.6 Å². The van der Waals surface area contributed by atoms with E-state index in [0.29, 0.717) is 17.8 Å². The summed E-state index contributed by atoms with van der Waals surface area (Å²) in [6.07, 6.45) is -3.12. The summed E-state index contributed by atoms with van der Waals surface area (Å²) >= 11 is 0. The molecule has 1 rings (SSSR count). The first-order valence-corrected chi connectivity index (χ1v) is 5.07. The predicted octanol–water partition coefficient (Wildman–Crippen LogP) is 3.68. The van der Waals surface area contributed by atoms with Crippen LogP contribution in [0.1, 0.15) is 5.56 Å². The smallest absolute Gasteiger partial charge is 0.406 e. The standard InChI is InChI=1S/C11H12F3N3O/c1-8-7-9(18-11(12,13)14)3-4-10(8)17-16-6-5-15-2/h3-5,7H,6H2,1-2H3. The SMILES string of the molecule is CN=CCN=Nc1ccc(OC(F)(F)F)cc1C. The topological polar surface area (TPSA) is 46.3 Å². The number of nitrogens with zero attached hydrogens (tertiary/aromatic N) is 3. The lowest BCUT2D eigenvalue weighted by Crippen LogP contribution is -2.17. The zero-order valence-corrected chi connectivity index (χ0v) is 9.90. The van der Waals surface area contributed by atoms with Crippen LogP contribution in [-0.2, 0) is 0 Å². The van der Waals surface area contributed by atoms with Gasteiger partial charge in [0.1, 0.15) is 5.75 Å². The Balaban J connectivity index is 2.76. The van der Waals surface area contributed by atoms with Crippen LogP contribution in [0.15, 0.2) is 33.4 Å². The van der Waals surface area contributed by atoms with Crippen LogP contribution < -0.4 is 4.74 Å². The van der Waals surface area contributed by atoms with E-state index >= 15 is 0 Å². The lowest BCUT2D eigenvalue weighted by Gasteiger charge is -2.09. The Kier molecular flexibility index (Phi) is 4.82. The van der Waals surface area contributed by atoms with Crippen LogP contribution in [0.25, 0.3) is 0 Å². The highest BCUT2D eigenvalue weighted by Gasteiger charge is 2.31. The molecule has 0 radical (unpaired) electrons. The fourth-order valence-electron chi connectivity index (χ4n) is 1.17. The Hall–Kier alpha value is -1.92. The number of rotatable bonds is 4. The van der Waals surface area contributed by atoms with Gasteiger partial charge in [-0.25, -0.2) is 0 Å². The Labute approximate surface area is 102 Å². The normalized spacial score (nSPS) is 12.5. The summed E-state index contributed by atoms with van der Waals surface area (Å²) in [6.45, 7) is 1.96. The maximum atomic E-state index is 12.0. The molecular formula is C11H12F3N3O. The molecule has 0 fully saturated rings. The van der Waals surface area contributed by atoms with Gasteiger partial charge in [0.15, 0.2) is 0 Å². The van der Waals surface area contributed by atoms with Gasteiger partial charge in [0.25, 0.3) is 0 Å². The van der Waals surface area contributed by atoms with Gasteiger partial charge in [0.05, 0.1) is 12.2 Å². The van der Waals surface area contributed by atoms with E-state index in [2.05, 4.69) is 20.0 Å². The second kappa shape index (κ2) is 6.13. The van der Waals surface area contributed by atoms with E-state index < -0.39 is 6.36 Å². The first-order valence-electron chi connectivity index (χ1n) is 5.07. The number of hydrogen-bond donors (Lipinski definition) is 0. The maximum absolute atomic E-state index is 12.0. The van der Waals surface area contributed by atoms with Gasteiger partial charge in [-0.3, -0.25) is 4.99 Å². The highest BCUT2D eigenvalue weighted by Crippen LogP contribution is 2.28. The van der Waals surface area contributed by atoms with Crippen molar-refractivity contribution in [1.82, 2.24) is 0 Å². The Morgan fingerprint density at radius 2 is 2.06 bits per heavy atom. The molecule has 98 valence electrons. The minimum absolute atomic E-state index is 0.269. The molecular weight excluding hydrogens is 247 g/mol. The van der Waals surface area contributed by atoms with Crippen molar-refractivity contribution in [3.8, 4) is 5.75 Å². The molecule has 0 spiro atoms. The summed E-state index contributed by atoms with van der Waals surface area (Å²) in [7, 11) is 1.62. The van der Waals surface area contributed by atoms with Crippen LogP contribution in [-0.4, -0.2) is 26.2 Å². The summed E-state index contributed by atoms with van der Waals surface area (Å²) in [5.41, 5.74) is 1.04. The summed E-state index contributed by atoms with van der Waals surface area (Å²) in [4.78, 5) is 3.72. The number of alkyl halides is 3. The Morgan fingerprint density at radius 3 is 2.61 bits per heavy atom. The average molecular weight is 259 g/mol. The van der Waals surface area contributed by atoms with Crippen molar-refractivity contribution in [2.45, 2.75) is 13.3 Å². The van der Waals surface area contributed by atoms with Crippen molar-refractivity contribution in [3.05, 3.63) is 23.8 Å². The van der Waals surface area contributed by atoms with E-state index in [0.717, 1.165) is 0 Å². The first-order chi connectivity index (χ1) is 8.42. The van der Waals surface area contributed by atoms with Crippen LogP contribution in [0.3, 0.4) is 0 Å². The molecule has 0 aromatic heterocycles. The fraction of sp³-hybridized carbons (Fsp3) is 0.364. The van der Waals surface area contributed by atoms with Crippen LogP contribution in [0.5, 0.6) is 5.75 Å². The molecule has 0 unspecified atom stereocenters. The van der Waals surface area contributed by atoms with Crippen molar-refractivity contribution in [1.29, 1.82) is 0 Å². The number of aliphatic imine (C=N–C) groups is 1. The van der Waals surface area contributed by atoms with Gasteiger partial charge in [-0.2, -0.15) is 10.2 Å². The zero-order valence-electron chi connectivity index (χ0n) is 9.90. The monoisotopic (exact) mass is 259 g/mol. The van der Waals surface area contributed by atoms with E-state index in [1.807, 2.05) is 0 Å². The molecule has 1 aromatic carbocycles. The van der Waals surface area contributed by atoms with Gasteiger partial charge in [-0.15, -0.1) is 13.2 Å². The molecule has 0 amide bonds. The Bertz CT molecular complexity index is 455. The summed E-state index contributed by atoms with van der Waals surface area (Å²) in [6, 6.07) is 3.88. The van der Waals surface area contributed by atoms with E-state index in [-0.39, 0.29) is 5.75 Å². The molecule has 1 aromatic rings. The van der Waals surface area contributed by atoms with Crippen LogP contribution in [0.2, 0.25) is 0 Å². The van der Waals surface area contributed by atoms with Gasteiger partial charge in [0.2, 0.25) is 0 Å². The molecule has 7 heteroatoms. The largest absolute Gasteiger partial charge is 0.573 e. The molecule has 0 aliphatic heterocycles. The quantitative estimate of drug-likeness (QED) is 0.601. The molecule has 0 aliphatic rings. The summed E-state index contributed by atoms with van der Waals surface area (Å²) in [5, 5.41) is 7.69. The van der Waals surface area contributed by atoms with Gasteiger partial charge in [0, 0.05) is 13.3 Å². The summed E-state index contributed by atoms with van der Waals surface area (Å²) in [5.74, 6) is -0.269. The molecule has 18 heavy (non-hydrogen) atoms. The molecule has 0 atom stereocenters. The van der Waals surface area contributed by atoms with Crippen LogP contribution >= 0.6 is 0 Å².